The van der Waals surface area contributed by atoms with E-state index in [9.17, 15) is 0 Å². The van der Waals surface area contributed by atoms with Gasteiger partial charge >= 0.3 is 0 Å². The molecule has 2 unspecified atom stereocenters. The fourth-order valence-corrected chi connectivity index (χ4v) is 1.59. The lowest BCUT2D eigenvalue weighted by molar-refractivity contribution is 0.930. The molecule has 5 heteroatoms. The molecule has 2 heterocycles. The van der Waals surface area contributed by atoms with Gasteiger partial charge in [0.05, 0.1) is 0 Å². The summed E-state index contributed by atoms with van der Waals surface area (Å²) in [7, 11) is 0. The summed E-state index contributed by atoms with van der Waals surface area (Å²) in [6.45, 7) is 2.03. The normalized spacial score (nSPS) is 24.4. The van der Waals surface area contributed by atoms with Gasteiger partial charge in [-0.1, -0.05) is 6.07 Å². The maximum Gasteiger partial charge on any atom is 0.243 e. The number of rotatable bonds is 2. The van der Waals surface area contributed by atoms with E-state index in [1.165, 1.54) is 5.56 Å². The Morgan fingerprint density at radius 3 is 3.07 bits per heavy atom. The first kappa shape index (κ1) is 8.67. The molecule has 3 N–H and O–H groups in total. The number of aryl methyl sites for hydroxylation is 1. The lowest BCUT2D eigenvalue weighted by Gasteiger charge is -1.95. The summed E-state index contributed by atoms with van der Waals surface area (Å²) in [5.74, 6) is 0.665. The second kappa shape index (κ2) is 2.93. The number of hydrogen-bond donors (Lipinski definition) is 2. The Balaban J connectivity index is 1.92. The molecule has 3 rings (SSSR count). The summed E-state index contributed by atoms with van der Waals surface area (Å²) < 4.78 is 1.78. The molecule has 1 saturated carbocycles. The maximum absolute atomic E-state index is 5.71. The van der Waals surface area contributed by atoms with Crippen molar-refractivity contribution in [2.75, 3.05) is 5.32 Å². The largest absolute Gasteiger partial charge is 0.349 e. The third-order valence-corrected chi connectivity index (χ3v) is 2.63. The summed E-state index contributed by atoms with van der Waals surface area (Å²) in [4.78, 5) is 4.35. The highest BCUT2D eigenvalue weighted by molar-refractivity contribution is 5.45. The predicted octanol–water partition coefficient (Wildman–Crippen LogP) is 0.549. The highest BCUT2D eigenvalue weighted by Gasteiger charge is 2.34. The number of anilines is 1. The molecule has 1 aliphatic carbocycles. The van der Waals surface area contributed by atoms with Crippen LogP contribution in [-0.4, -0.2) is 26.7 Å². The van der Waals surface area contributed by atoms with Crippen LogP contribution in [0.1, 0.15) is 12.0 Å². The van der Waals surface area contributed by atoms with E-state index in [-0.39, 0.29) is 6.04 Å². The summed E-state index contributed by atoms with van der Waals surface area (Å²) in [6, 6.07) is 4.60. The van der Waals surface area contributed by atoms with E-state index in [0.717, 1.165) is 12.1 Å². The smallest absolute Gasteiger partial charge is 0.243 e. The van der Waals surface area contributed by atoms with Crippen LogP contribution >= 0.6 is 0 Å². The first-order valence-electron chi connectivity index (χ1n) is 5.07. The fraction of sp³-hybridized carbons (Fsp3) is 0.400. The van der Waals surface area contributed by atoms with Crippen molar-refractivity contribution >= 4 is 11.6 Å². The molecular formula is C10H13N5. The maximum atomic E-state index is 5.71. The van der Waals surface area contributed by atoms with Gasteiger partial charge < -0.3 is 11.1 Å². The minimum absolute atomic E-state index is 0.262. The highest BCUT2D eigenvalue weighted by Crippen LogP contribution is 2.22. The van der Waals surface area contributed by atoms with Gasteiger partial charge in [0.1, 0.15) is 0 Å². The van der Waals surface area contributed by atoms with Crippen LogP contribution in [0.4, 0.5) is 5.95 Å². The minimum atomic E-state index is 0.262. The molecule has 2 aromatic heterocycles. The molecule has 0 bridgehead atoms. The Morgan fingerprint density at radius 2 is 2.33 bits per heavy atom. The lowest BCUT2D eigenvalue weighted by Crippen LogP contribution is -2.13. The third-order valence-electron chi connectivity index (χ3n) is 2.63. The molecule has 0 radical (unpaired) electrons. The zero-order valence-corrected chi connectivity index (χ0v) is 8.51. The SMILES string of the molecule is Cc1ccc2nc(NC3CC3N)nn2c1. The third kappa shape index (κ3) is 1.55. The predicted molar refractivity (Wildman–Crippen MR) is 57.7 cm³/mol. The van der Waals surface area contributed by atoms with E-state index in [4.69, 9.17) is 5.73 Å². The van der Waals surface area contributed by atoms with E-state index in [0.29, 0.717) is 12.0 Å². The van der Waals surface area contributed by atoms with E-state index in [1.54, 1.807) is 4.52 Å². The Kier molecular flexibility index (Phi) is 1.70. The van der Waals surface area contributed by atoms with Gasteiger partial charge in [-0.25, -0.2) is 4.52 Å². The van der Waals surface area contributed by atoms with Gasteiger partial charge in [-0.15, -0.1) is 5.10 Å². The van der Waals surface area contributed by atoms with E-state index in [1.807, 2.05) is 25.3 Å². The molecule has 2 aromatic rings. The van der Waals surface area contributed by atoms with E-state index in [2.05, 4.69) is 15.4 Å². The molecule has 0 saturated heterocycles. The molecule has 1 aliphatic rings. The molecule has 78 valence electrons. The number of fused-ring (bicyclic) bond motifs is 1. The number of pyridine rings is 1. The van der Waals surface area contributed by atoms with Crippen LogP contribution in [-0.2, 0) is 0 Å². The number of nitrogens with one attached hydrogen (secondary N) is 1. The molecule has 0 aromatic carbocycles. The summed E-state index contributed by atoms with van der Waals surface area (Å²) in [5, 5.41) is 7.53. The van der Waals surface area contributed by atoms with Crippen LogP contribution < -0.4 is 11.1 Å². The summed E-state index contributed by atoms with van der Waals surface area (Å²) in [6.07, 6.45) is 2.97. The van der Waals surface area contributed by atoms with Crippen molar-refractivity contribution in [2.24, 2.45) is 5.73 Å². The van der Waals surface area contributed by atoms with Gasteiger partial charge in [-0.3, -0.25) is 0 Å². The molecule has 15 heavy (non-hydrogen) atoms. The zero-order valence-electron chi connectivity index (χ0n) is 8.51. The van der Waals surface area contributed by atoms with Crippen molar-refractivity contribution in [2.45, 2.75) is 25.4 Å². The highest BCUT2D eigenvalue weighted by atomic mass is 15.4. The lowest BCUT2D eigenvalue weighted by atomic mass is 10.3. The molecule has 5 nitrogen and oxygen atoms in total. The van der Waals surface area contributed by atoms with Crippen molar-refractivity contribution in [1.29, 1.82) is 0 Å². The quantitative estimate of drug-likeness (QED) is 0.748. The van der Waals surface area contributed by atoms with E-state index < -0.39 is 0 Å². The molecule has 2 atom stereocenters. The first-order chi connectivity index (χ1) is 7.22. The monoisotopic (exact) mass is 203 g/mol. The molecular weight excluding hydrogens is 190 g/mol. The van der Waals surface area contributed by atoms with Crippen LogP contribution in [0.2, 0.25) is 0 Å². The molecule has 1 fully saturated rings. The average molecular weight is 203 g/mol. The molecule has 0 spiro atoms. The Hall–Kier alpha value is -1.62. The van der Waals surface area contributed by atoms with Crippen molar-refractivity contribution < 1.29 is 0 Å². The molecule has 0 aliphatic heterocycles. The van der Waals surface area contributed by atoms with Crippen LogP contribution in [0.25, 0.3) is 5.65 Å². The Labute approximate surface area is 87.3 Å². The Morgan fingerprint density at radius 1 is 1.53 bits per heavy atom. The van der Waals surface area contributed by atoms with Crippen molar-refractivity contribution in [3.8, 4) is 0 Å². The summed E-state index contributed by atoms with van der Waals surface area (Å²) >= 11 is 0. The van der Waals surface area contributed by atoms with Crippen molar-refractivity contribution in [3.05, 3.63) is 23.9 Å². The number of nitrogens with two attached hydrogens (primary N) is 1. The van der Waals surface area contributed by atoms with Gasteiger partial charge in [0.2, 0.25) is 5.95 Å². The molecule has 0 amide bonds. The standard InChI is InChI=1S/C10H13N5/c1-6-2-3-9-13-10(14-15(9)5-6)12-8-4-7(8)11/h2-3,5,7-8H,4,11H2,1H3,(H,12,14). The van der Waals surface area contributed by atoms with Gasteiger partial charge in [-0.2, -0.15) is 4.98 Å². The second-order valence-electron chi connectivity index (χ2n) is 4.10. The average Bonchev–Trinajstić information content (AvgIpc) is 2.75. The van der Waals surface area contributed by atoms with Gasteiger partial charge in [0.25, 0.3) is 0 Å². The van der Waals surface area contributed by atoms with Crippen LogP contribution in [0, 0.1) is 6.92 Å². The first-order valence-corrected chi connectivity index (χ1v) is 5.07. The number of aromatic nitrogens is 3. The number of hydrogen-bond acceptors (Lipinski definition) is 4. The minimum Gasteiger partial charge on any atom is -0.349 e. The van der Waals surface area contributed by atoms with Crippen molar-refractivity contribution in [1.82, 2.24) is 14.6 Å². The van der Waals surface area contributed by atoms with Crippen LogP contribution in [0.15, 0.2) is 18.3 Å². The summed E-state index contributed by atoms with van der Waals surface area (Å²) in [5.41, 5.74) is 7.74. The fourth-order valence-electron chi connectivity index (χ4n) is 1.59. The van der Waals surface area contributed by atoms with Gasteiger partial charge in [-0.05, 0) is 25.0 Å². The second-order valence-corrected chi connectivity index (χ2v) is 4.10. The zero-order chi connectivity index (χ0) is 10.4. The van der Waals surface area contributed by atoms with Crippen LogP contribution in [0.3, 0.4) is 0 Å². The Bertz CT molecular complexity index is 503. The topological polar surface area (TPSA) is 68.2 Å². The van der Waals surface area contributed by atoms with Crippen LogP contribution in [0.5, 0.6) is 0 Å². The van der Waals surface area contributed by atoms with Crippen molar-refractivity contribution in [3.63, 3.8) is 0 Å². The van der Waals surface area contributed by atoms with E-state index >= 15 is 0 Å². The van der Waals surface area contributed by atoms with Gasteiger partial charge in [0, 0.05) is 18.3 Å². The van der Waals surface area contributed by atoms with Gasteiger partial charge in [0.15, 0.2) is 5.65 Å². The number of nitrogens with zero attached hydrogens (tertiary/aromatic N) is 3.